The highest BCUT2D eigenvalue weighted by molar-refractivity contribution is 7.98. The third kappa shape index (κ3) is 3.31. The van der Waals surface area contributed by atoms with Crippen molar-refractivity contribution in [2.24, 2.45) is 0 Å². The summed E-state index contributed by atoms with van der Waals surface area (Å²) in [5.74, 6) is 2.09. The molecule has 0 bridgehead atoms. The Morgan fingerprint density at radius 3 is 2.65 bits per heavy atom. The van der Waals surface area contributed by atoms with E-state index in [0.717, 1.165) is 22.7 Å². The lowest BCUT2D eigenvalue weighted by Crippen LogP contribution is -1.86. The Labute approximate surface area is 104 Å². The fraction of sp³-hybridized carbons (Fsp3) is 0.333. The number of thioether (sulfide) groups is 1. The average Bonchev–Trinajstić information content (AvgIpc) is 2.85. The van der Waals surface area contributed by atoms with Crippen molar-refractivity contribution < 1.29 is 9.63 Å². The van der Waals surface area contributed by atoms with Crippen LogP contribution in [-0.2, 0) is 18.8 Å². The van der Waals surface area contributed by atoms with Gasteiger partial charge in [-0.2, -0.15) is 4.98 Å². The molecular formula is C12H14N2O2S. The van der Waals surface area contributed by atoms with Crippen molar-refractivity contribution >= 4 is 11.8 Å². The van der Waals surface area contributed by atoms with Crippen molar-refractivity contribution in [3.05, 3.63) is 41.5 Å². The molecule has 0 spiro atoms. The zero-order chi connectivity index (χ0) is 12.1. The van der Waals surface area contributed by atoms with E-state index < -0.39 is 0 Å². The van der Waals surface area contributed by atoms with Gasteiger partial charge in [-0.1, -0.05) is 24.2 Å². The summed E-state index contributed by atoms with van der Waals surface area (Å²) in [6.07, 6.45) is 0.767. The van der Waals surface area contributed by atoms with Crippen molar-refractivity contribution in [1.29, 1.82) is 0 Å². The lowest BCUT2D eigenvalue weighted by Gasteiger charge is -1.99. The highest BCUT2D eigenvalue weighted by Crippen LogP contribution is 2.21. The lowest BCUT2D eigenvalue weighted by atomic mass is 10.2. The minimum absolute atomic E-state index is 0.0790. The fourth-order valence-corrected chi connectivity index (χ4v) is 2.07. The first kappa shape index (κ1) is 12.1. The second-order valence-electron chi connectivity index (χ2n) is 3.55. The summed E-state index contributed by atoms with van der Waals surface area (Å²) in [5, 5.41) is 12.8. The van der Waals surface area contributed by atoms with Crippen molar-refractivity contribution in [2.45, 2.75) is 30.6 Å². The van der Waals surface area contributed by atoms with Crippen LogP contribution in [0.4, 0.5) is 0 Å². The van der Waals surface area contributed by atoms with E-state index in [-0.39, 0.29) is 6.61 Å². The number of rotatable bonds is 5. The quantitative estimate of drug-likeness (QED) is 0.826. The molecule has 90 valence electrons. The Hall–Kier alpha value is -1.33. The predicted molar refractivity (Wildman–Crippen MR) is 65.6 cm³/mol. The van der Waals surface area contributed by atoms with Crippen molar-refractivity contribution in [3.8, 4) is 0 Å². The molecule has 1 N–H and O–H groups in total. The number of benzene rings is 1. The van der Waals surface area contributed by atoms with E-state index in [2.05, 4.69) is 10.1 Å². The predicted octanol–water partition coefficient (Wildman–Crippen LogP) is 2.42. The summed E-state index contributed by atoms with van der Waals surface area (Å²) in [6, 6.07) is 7.79. The number of hydrogen-bond acceptors (Lipinski definition) is 5. The molecule has 0 aliphatic rings. The molecule has 0 unspecified atom stereocenters. The molecule has 0 aliphatic heterocycles. The first-order valence-electron chi connectivity index (χ1n) is 5.46. The fourth-order valence-electron chi connectivity index (χ4n) is 1.33. The van der Waals surface area contributed by atoms with Crippen LogP contribution in [0.25, 0.3) is 0 Å². The normalized spacial score (nSPS) is 10.7. The molecular weight excluding hydrogens is 236 g/mol. The van der Waals surface area contributed by atoms with Crippen molar-refractivity contribution in [2.75, 3.05) is 0 Å². The van der Waals surface area contributed by atoms with Gasteiger partial charge in [-0.05, 0) is 17.7 Å². The van der Waals surface area contributed by atoms with Crippen LogP contribution in [0.15, 0.2) is 33.7 Å². The number of aliphatic hydroxyl groups excluding tert-OH is 1. The van der Waals surface area contributed by atoms with Crippen LogP contribution in [0, 0.1) is 0 Å². The van der Waals surface area contributed by atoms with E-state index in [1.165, 1.54) is 0 Å². The second-order valence-corrected chi connectivity index (χ2v) is 4.60. The van der Waals surface area contributed by atoms with Gasteiger partial charge in [0.05, 0.1) is 12.4 Å². The summed E-state index contributed by atoms with van der Waals surface area (Å²) in [4.78, 5) is 5.37. The topological polar surface area (TPSA) is 59.2 Å². The van der Waals surface area contributed by atoms with Gasteiger partial charge in [-0.15, -0.1) is 11.8 Å². The highest BCUT2D eigenvalue weighted by Gasteiger charge is 2.04. The van der Waals surface area contributed by atoms with Gasteiger partial charge in [-0.3, -0.25) is 0 Å². The molecule has 17 heavy (non-hydrogen) atoms. The monoisotopic (exact) mass is 250 g/mol. The Bertz CT molecular complexity index is 468. The maximum atomic E-state index is 8.93. The van der Waals surface area contributed by atoms with Crippen LogP contribution in [0.3, 0.4) is 0 Å². The number of aryl methyl sites for hydroxylation is 1. The van der Waals surface area contributed by atoms with Crippen LogP contribution in [0.1, 0.15) is 24.2 Å². The number of aliphatic hydroxyl groups is 1. The molecule has 0 radical (unpaired) electrons. The Morgan fingerprint density at radius 2 is 2.06 bits per heavy atom. The zero-order valence-corrected chi connectivity index (χ0v) is 10.4. The van der Waals surface area contributed by atoms with E-state index in [0.29, 0.717) is 11.6 Å². The second kappa shape index (κ2) is 5.84. The van der Waals surface area contributed by atoms with Gasteiger partial charge in [0.2, 0.25) is 5.89 Å². The maximum absolute atomic E-state index is 8.93. The number of hydrogen-bond donors (Lipinski definition) is 1. The molecule has 1 aromatic heterocycles. The van der Waals surface area contributed by atoms with E-state index in [4.69, 9.17) is 9.63 Å². The summed E-state index contributed by atoms with van der Waals surface area (Å²) in [7, 11) is 0. The molecule has 0 saturated heterocycles. The zero-order valence-electron chi connectivity index (χ0n) is 9.59. The number of nitrogens with zero attached hydrogens (tertiary/aromatic N) is 2. The molecule has 0 amide bonds. The summed E-state index contributed by atoms with van der Waals surface area (Å²) in [6.45, 7) is 2.06. The smallest absolute Gasteiger partial charge is 0.226 e. The van der Waals surface area contributed by atoms with Gasteiger partial charge in [0, 0.05) is 11.3 Å². The largest absolute Gasteiger partial charge is 0.392 e. The summed E-state index contributed by atoms with van der Waals surface area (Å²) >= 11 is 1.65. The van der Waals surface area contributed by atoms with Crippen LogP contribution in [0.5, 0.6) is 0 Å². The van der Waals surface area contributed by atoms with Gasteiger partial charge < -0.3 is 9.63 Å². The van der Waals surface area contributed by atoms with E-state index in [9.17, 15) is 0 Å². The SMILES string of the molecule is CCc1nc(CSc2ccc(CO)cc2)no1. The Kier molecular flexibility index (Phi) is 4.17. The first-order valence-corrected chi connectivity index (χ1v) is 6.44. The van der Waals surface area contributed by atoms with Gasteiger partial charge >= 0.3 is 0 Å². The van der Waals surface area contributed by atoms with Gasteiger partial charge in [0.1, 0.15) is 0 Å². The Balaban J connectivity index is 1.92. The molecule has 2 aromatic rings. The minimum Gasteiger partial charge on any atom is -0.392 e. The molecule has 5 heteroatoms. The third-order valence-electron chi connectivity index (χ3n) is 2.29. The summed E-state index contributed by atoms with van der Waals surface area (Å²) in [5.41, 5.74) is 0.919. The van der Waals surface area contributed by atoms with E-state index in [1.54, 1.807) is 11.8 Å². The molecule has 0 aliphatic carbocycles. The molecule has 0 fully saturated rings. The molecule has 4 nitrogen and oxygen atoms in total. The van der Waals surface area contributed by atoms with Crippen LogP contribution < -0.4 is 0 Å². The van der Waals surface area contributed by atoms with Gasteiger partial charge in [0.25, 0.3) is 0 Å². The van der Waals surface area contributed by atoms with E-state index in [1.807, 2.05) is 31.2 Å². The third-order valence-corrected chi connectivity index (χ3v) is 3.29. The number of aromatic nitrogens is 2. The van der Waals surface area contributed by atoms with Crippen LogP contribution in [-0.4, -0.2) is 15.2 Å². The van der Waals surface area contributed by atoms with E-state index >= 15 is 0 Å². The summed E-state index contributed by atoms with van der Waals surface area (Å²) < 4.78 is 5.03. The molecule has 1 aromatic carbocycles. The van der Waals surface area contributed by atoms with Crippen molar-refractivity contribution in [3.63, 3.8) is 0 Å². The minimum atomic E-state index is 0.0790. The van der Waals surface area contributed by atoms with Gasteiger partial charge in [0.15, 0.2) is 5.82 Å². The molecule has 2 rings (SSSR count). The highest BCUT2D eigenvalue weighted by atomic mass is 32.2. The Morgan fingerprint density at radius 1 is 1.29 bits per heavy atom. The average molecular weight is 250 g/mol. The molecule has 0 saturated carbocycles. The van der Waals surface area contributed by atoms with Crippen LogP contribution in [0.2, 0.25) is 0 Å². The van der Waals surface area contributed by atoms with Gasteiger partial charge in [-0.25, -0.2) is 0 Å². The first-order chi connectivity index (χ1) is 8.31. The molecule has 1 heterocycles. The molecule has 0 atom stereocenters. The lowest BCUT2D eigenvalue weighted by molar-refractivity contribution is 0.282. The maximum Gasteiger partial charge on any atom is 0.226 e. The van der Waals surface area contributed by atoms with Crippen LogP contribution >= 0.6 is 11.8 Å². The standard InChI is InChI=1S/C12H14N2O2S/c1-2-12-13-11(14-16-12)8-17-10-5-3-9(7-15)4-6-10/h3-6,15H,2,7-8H2,1H3. The van der Waals surface area contributed by atoms with Crippen molar-refractivity contribution in [1.82, 2.24) is 10.1 Å².